The molecule has 2 saturated heterocycles. The summed E-state index contributed by atoms with van der Waals surface area (Å²) in [7, 11) is 0. The maximum atomic E-state index is 12.5. The van der Waals surface area contributed by atoms with E-state index in [1.807, 2.05) is 18.2 Å². The fourth-order valence-electron chi connectivity index (χ4n) is 3.91. The molecule has 2 aliphatic heterocycles. The van der Waals surface area contributed by atoms with Gasteiger partial charge in [-0.05, 0) is 55.5 Å². The van der Waals surface area contributed by atoms with Gasteiger partial charge in [0.1, 0.15) is 0 Å². The first kappa shape index (κ1) is 20.8. The number of rotatable bonds is 5. The Bertz CT molecular complexity index is 929. The highest BCUT2D eigenvalue weighted by Gasteiger charge is 2.27. The van der Waals surface area contributed by atoms with Crippen LogP contribution in [0.2, 0.25) is 4.34 Å². The van der Waals surface area contributed by atoms with E-state index in [0.717, 1.165) is 18.8 Å². The lowest BCUT2D eigenvalue weighted by Gasteiger charge is -2.25. The largest absolute Gasteiger partial charge is 0.449 e. The third-order valence-electron chi connectivity index (χ3n) is 5.53. The molecule has 1 atom stereocenters. The summed E-state index contributed by atoms with van der Waals surface area (Å²) in [5, 5.41) is 2.94. The third kappa shape index (κ3) is 4.65. The Kier molecular flexibility index (Phi) is 6.34. The van der Waals surface area contributed by atoms with Crippen molar-refractivity contribution in [1.82, 2.24) is 5.32 Å². The number of ether oxygens (including phenoxy) is 1. The van der Waals surface area contributed by atoms with Crippen LogP contribution in [0.5, 0.6) is 0 Å². The topological polar surface area (TPSA) is 87.9 Å². The molecule has 0 radical (unpaired) electrons. The first-order valence-corrected chi connectivity index (χ1v) is 11.3. The SMILES string of the molecule is Nc1cc(N2C[C@H](CNC(=O)c3ccc(Cl)s3)CCOC2=O)ccc1N1CCCC1. The number of hydrogen-bond acceptors (Lipinski definition) is 6. The third-order valence-corrected chi connectivity index (χ3v) is 6.76. The Morgan fingerprint density at radius 3 is 2.77 bits per heavy atom. The van der Waals surface area contributed by atoms with E-state index in [4.69, 9.17) is 22.1 Å². The van der Waals surface area contributed by atoms with Gasteiger partial charge in [0.15, 0.2) is 0 Å². The number of halogens is 1. The van der Waals surface area contributed by atoms with Crippen molar-refractivity contribution in [2.24, 2.45) is 5.92 Å². The quantitative estimate of drug-likeness (QED) is 0.675. The van der Waals surface area contributed by atoms with Crippen LogP contribution in [-0.4, -0.2) is 44.8 Å². The van der Waals surface area contributed by atoms with E-state index in [1.165, 1.54) is 24.2 Å². The van der Waals surface area contributed by atoms with Gasteiger partial charge in [-0.1, -0.05) is 11.6 Å². The van der Waals surface area contributed by atoms with Gasteiger partial charge in [0.25, 0.3) is 5.91 Å². The molecule has 30 heavy (non-hydrogen) atoms. The lowest BCUT2D eigenvalue weighted by atomic mass is 10.1. The Hall–Kier alpha value is -2.45. The molecule has 3 heterocycles. The Morgan fingerprint density at radius 1 is 1.27 bits per heavy atom. The molecule has 4 rings (SSSR count). The maximum absolute atomic E-state index is 12.5. The Morgan fingerprint density at radius 2 is 2.07 bits per heavy atom. The van der Waals surface area contributed by atoms with Gasteiger partial charge < -0.3 is 20.7 Å². The lowest BCUT2D eigenvalue weighted by molar-refractivity contribution is 0.0949. The summed E-state index contributed by atoms with van der Waals surface area (Å²) in [5.74, 6) is -0.0931. The first-order valence-electron chi connectivity index (χ1n) is 10.1. The average Bonchev–Trinajstić information content (AvgIpc) is 3.37. The van der Waals surface area contributed by atoms with Crippen LogP contribution in [-0.2, 0) is 4.74 Å². The first-order chi connectivity index (χ1) is 14.5. The van der Waals surface area contributed by atoms with Gasteiger partial charge in [0.05, 0.1) is 27.2 Å². The molecule has 1 aromatic carbocycles. The molecule has 2 aliphatic rings. The van der Waals surface area contributed by atoms with Crippen LogP contribution in [0.15, 0.2) is 30.3 Å². The number of thiophene rings is 1. The number of amides is 2. The molecule has 2 fully saturated rings. The van der Waals surface area contributed by atoms with E-state index >= 15 is 0 Å². The summed E-state index contributed by atoms with van der Waals surface area (Å²) in [6, 6.07) is 9.14. The van der Waals surface area contributed by atoms with Gasteiger partial charge in [-0.3, -0.25) is 9.69 Å². The molecule has 1 aromatic heterocycles. The van der Waals surface area contributed by atoms with Gasteiger partial charge >= 0.3 is 6.09 Å². The molecule has 7 nitrogen and oxygen atoms in total. The molecule has 0 spiro atoms. The van der Waals surface area contributed by atoms with E-state index in [0.29, 0.717) is 46.7 Å². The predicted octanol–water partition coefficient (Wildman–Crippen LogP) is 3.98. The van der Waals surface area contributed by atoms with E-state index in [1.54, 1.807) is 17.0 Å². The highest BCUT2D eigenvalue weighted by Crippen LogP contribution is 2.32. The number of nitrogens with one attached hydrogen (secondary N) is 1. The maximum Gasteiger partial charge on any atom is 0.414 e. The fourth-order valence-corrected chi connectivity index (χ4v) is 4.87. The number of nitrogens with zero attached hydrogens (tertiary/aromatic N) is 2. The monoisotopic (exact) mass is 448 g/mol. The van der Waals surface area contributed by atoms with E-state index in [9.17, 15) is 9.59 Å². The minimum absolute atomic E-state index is 0.0651. The second-order valence-corrected chi connectivity index (χ2v) is 9.35. The number of benzene rings is 1. The van der Waals surface area contributed by atoms with Crippen molar-refractivity contribution in [2.45, 2.75) is 19.3 Å². The minimum Gasteiger partial charge on any atom is -0.449 e. The van der Waals surface area contributed by atoms with Crippen molar-refractivity contribution in [1.29, 1.82) is 0 Å². The van der Waals surface area contributed by atoms with Crippen molar-refractivity contribution in [3.05, 3.63) is 39.5 Å². The summed E-state index contributed by atoms with van der Waals surface area (Å²) in [6.45, 7) is 3.23. The second-order valence-electron chi connectivity index (χ2n) is 7.63. The number of nitrogen functional groups attached to an aromatic ring is 1. The van der Waals surface area contributed by atoms with Crippen molar-refractivity contribution in [2.75, 3.05) is 48.3 Å². The van der Waals surface area contributed by atoms with E-state index in [2.05, 4.69) is 10.2 Å². The molecule has 0 aliphatic carbocycles. The highest BCUT2D eigenvalue weighted by molar-refractivity contribution is 7.18. The summed E-state index contributed by atoms with van der Waals surface area (Å²) in [4.78, 5) is 29.3. The van der Waals surface area contributed by atoms with Crippen molar-refractivity contribution in [3.8, 4) is 0 Å². The molecule has 9 heteroatoms. The average molecular weight is 449 g/mol. The molecule has 0 unspecified atom stereocenters. The van der Waals surface area contributed by atoms with Crippen molar-refractivity contribution < 1.29 is 14.3 Å². The smallest absolute Gasteiger partial charge is 0.414 e. The Labute approximate surface area is 184 Å². The van der Waals surface area contributed by atoms with Gasteiger partial charge in [-0.25, -0.2) is 4.79 Å². The molecule has 3 N–H and O–H groups in total. The lowest BCUT2D eigenvalue weighted by Crippen LogP contribution is -2.37. The van der Waals surface area contributed by atoms with Crippen LogP contribution in [0.1, 0.15) is 28.9 Å². The van der Waals surface area contributed by atoms with Gasteiger partial charge in [0.2, 0.25) is 0 Å². The number of anilines is 3. The zero-order valence-electron chi connectivity index (χ0n) is 16.6. The molecule has 2 amide bonds. The van der Waals surface area contributed by atoms with Gasteiger partial charge in [-0.15, -0.1) is 11.3 Å². The van der Waals surface area contributed by atoms with Crippen LogP contribution in [0.4, 0.5) is 21.9 Å². The number of cyclic esters (lactones) is 1. The van der Waals surface area contributed by atoms with Crippen LogP contribution >= 0.6 is 22.9 Å². The molecular weight excluding hydrogens is 424 g/mol. The van der Waals surface area contributed by atoms with E-state index < -0.39 is 0 Å². The van der Waals surface area contributed by atoms with Crippen LogP contribution in [0, 0.1) is 5.92 Å². The fraction of sp³-hybridized carbons (Fsp3) is 0.429. The minimum atomic E-state index is -0.387. The number of carbonyl (C=O) groups excluding carboxylic acids is 2. The Balaban J connectivity index is 1.43. The summed E-state index contributed by atoms with van der Waals surface area (Å²) in [6.07, 6.45) is 2.63. The zero-order valence-corrected chi connectivity index (χ0v) is 18.2. The van der Waals surface area contributed by atoms with Crippen molar-refractivity contribution >= 4 is 52.0 Å². The number of hydrogen-bond donors (Lipinski definition) is 2. The molecule has 0 bridgehead atoms. The molecule has 0 saturated carbocycles. The normalized spacial score (nSPS) is 19.5. The van der Waals surface area contributed by atoms with Crippen LogP contribution in [0.25, 0.3) is 0 Å². The highest BCUT2D eigenvalue weighted by atomic mass is 35.5. The van der Waals surface area contributed by atoms with Gasteiger partial charge in [-0.2, -0.15) is 0 Å². The molecule has 2 aromatic rings. The second kappa shape index (κ2) is 9.14. The predicted molar refractivity (Wildman–Crippen MR) is 121 cm³/mol. The van der Waals surface area contributed by atoms with Crippen molar-refractivity contribution in [3.63, 3.8) is 0 Å². The van der Waals surface area contributed by atoms with Gasteiger partial charge in [0, 0.05) is 31.9 Å². The van der Waals surface area contributed by atoms with E-state index in [-0.39, 0.29) is 17.9 Å². The molecular formula is C21H25ClN4O3S. The summed E-state index contributed by atoms with van der Waals surface area (Å²) in [5.41, 5.74) is 8.69. The molecule has 160 valence electrons. The van der Waals surface area contributed by atoms with Crippen LogP contribution < -0.4 is 20.9 Å². The summed E-state index contributed by atoms with van der Waals surface area (Å²) < 4.78 is 5.95. The number of nitrogens with two attached hydrogens (primary N) is 1. The standard InChI is InChI=1S/C21H25ClN4O3S/c22-19-6-5-18(30-19)20(27)24-12-14-7-10-29-21(28)26(13-14)15-3-4-17(16(23)11-15)25-8-1-2-9-25/h3-6,11,14H,1-2,7-10,12-13,23H2,(H,24,27)/t14-/m0/s1. The van der Waals surface area contributed by atoms with Crippen LogP contribution in [0.3, 0.4) is 0 Å². The zero-order chi connectivity index (χ0) is 21.1. The summed E-state index contributed by atoms with van der Waals surface area (Å²) >= 11 is 7.15. The number of carbonyl (C=O) groups is 2.